The molecule has 2 heterocycles. The molecule has 0 bridgehead atoms. The number of carbonyl (C=O) groups is 1. The first-order valence-corrected chi connectivity index (χ1v) is 9.32. The maximum Gasteiger partial charge on any atom is 0.231 e. The molecule has 0 aliphatic heterocycles. The fourth-order valence-electron chi connectivity index (χ4n) is 2.74. The van der Waals surface area contributed by atoms with Gasteiger partial charge >= 0.3 is 0 Å². The van der Waals surface area contributed by atoms with E-state index >= 15 is 0 Å². The van der Waals surface area contributed by atoms with Crippen molar-refractivity contribution in [3.8, 4) is 11.3 Å². The number of ketones is 1. The van der Waals surface area contributed by atoms with Crippen molar-refractivity contribution in [1.29, 1.82) is 0 Å². The monoisotopic (exact) mass is 402 g/mol. The number of aryl methyl sites for hydroxylation is 1. The van der Waals surface area contributed by atoms with Crippen molar-refractivity contribution in [2.75, 3.05) is 5.73 Å². The number of nitrogens with two attached hydrogens (primary N) is 1. The topological polar surface area (TPSA) is 69.1 Å². The van der Waals surface area contributed by atoms with Crippen LogP contribution < -0.4 is 5.73 Å². The van der Waals surface area contributed by atoms with Gasteiger partial charge in [-0.15, -0.1) is 11.3 Å². The summed E-state index contributed by atoms with van der Waals surface area (Å²) in [6.07, 6.45) is 0. The zero-order valence-corrected chi connectivity index (χ0v) is 15.9. The summed E-state index contributed by atoms with van der Waals surface area (Å²) in [4.78, 5) is 17.3. The lowest BCUT2D eigenvalue weighted by Gasteiger charge is -2.02. The zero-order chi connectivity index (χ0) is 18.4. The minimum atomic E-state index is -0.383. The minimum absolute atomic E-state index is 0.0656. The highest BCUT2D eigenvalue weighted by molar-refractivity contribution is 7.09. The van der Waals surface area contributed by atoms with Gasteiger partial charge in [-0.2, -0.15) is 0 Å². The molecule has 0 fully saturated rings. The van der Waals surface area contributed by atoms with Crippen molar-refractivity contribution in [2.45, 2.75) is 6.92 Å². The number of nitrogens with zero attached hydrogens (tertiary/aromatic N) is 1. The second-order valence-electron chi connectivity index (χ2n) is 5.76. The third-order valence-electron chi connectivity index (χ3n) is 4.03. The Morgan fingerprint density at radius 3 is 2.69 bits per heavy atom. The molecule has 0 aliphatic carbocycles. The molecule has 0 atom stereocenters. The summed E-state index contributed by atoms with van der Waals surface area (Å²) in [6.45, 7) is 1.95. The number of furan rings is 1. The molecule has 0 spiro atoms. The molecule has 2 N–H and O–H groups in total. The van der Waals surface area contributed by atoms with E-state index in [1.807, 2.05) is 30.5 Å². The van der Waals surface area contributed by atoms with Gasteiger partial charge in [0.05, 0.1) is 21.4 Å². The fraction of sp³-hybridized carbons (Fsp3) is 0.0526. The van der Waals surface area contributed by atoms with E-state index in [1.165, 1.54) is 6.07 Å². The van der Waals surface area contributed by atoms with E-state index in [1.54, 1.807) is 23.5 Å². The SMILES string of the molecule is Cc1nc(-c2ccc3c(N)c(C(=O)c4ccc(Cl)cc4Cl)oc3c2)cs1. The highest BCUT2D eigenvalue weighted by Crippen LogP contribution is 2.34. The van der Waals surface area contributed by atoms with Crippen LogP contribution in [0.1, 0.15) is 21.1 Å². The quantitative estimate of drug-likeness (QED) is 0.427. The van der Waals surface area contributed by atoms with Crippen molar-refractivity contribution >= 4 is 57.0 Å². The molecule has 0 radical (unpaired) electrons. The van der Waals surface area contributed by atoms with Gasteiger partial charge in [0.15, 0.2) is 5.76 Å². The van der Waals surface area contributed by atoms with Crippen molar-refractivity contribution in [3.63, 3.8) is 0 Å². The summed E-state index contributed by atoms with van der Waals surface area (Å²) in [5.74, 6) is -0.317. The Morgan fingerprint density at radius 2 is 2.00 bits per heavy atom. The maximum atomic E-state index is 12.8. The molecular weight excluding hydrogens is 391 g/mol. The molecule has 130 valence electrons. The number of benzene rings is 2. The number of anilines is 1. The number of aromatic nitrogens is 1. The van der Waals surface area contributed by atoms with Crippen molar-refractivity contribution < 1.29 is 9.21 Å². The maximum absolute atomic E-state index is 12.8. The number of fused-ring (bicyclic) bond motifs is 1. The van der Waals surface area contributed by atoms with E-state index in [0.29, 0.717) is 16.0 Å². The summed E-state index contributed by atoms with van der Waals surface area (Å²) < 4.78 is 5.78. The van der Waals surface area contributed by atoms with Gasteiger partial charge < -0.3 is 10.2 Å². The highest BCUT2D eigenvalue weighted by Gasteiger charge is 2.22. The van der Waals surface area contributed by atoms with E-state index < -0.39 is 0 Å². The third-order valence-corrected chi connectivity index (χ3v) is 5.35. The Bertz CT molecular complexity index is 1160. The Labute approximate surface area is 163 Å². The Morgan fingerprint density at radius 1 is 1.19 bits per heavy atom. The van der Waals surface area contributed by atoms with Crippen LogP contribution in [0.25, 0.3) is 22.2 Å². The number of carbonyl (C=O) groups excluding carboxylic acids is 1. The summed E-state index contributed by atoms with van der Waals surface area (Å²) in [6, 6.07) is 10.2. The number of halogens is 2. The molecule has 7 heteroatoms. The van der Waals surface area contributed by atoms with Gasteiger partial charge in [0.1, 0.15) is 5.58 Å². The van der Waals surface area contributed by atoms with Gasteiger partial charge in [0.25, 0.3) is 0 Å². The smallest absolute Gasteiger partial charge is 0.231 e. The molecule has 26 heavy (non-hydrogen) atoms. The van der Waals surface area contributed by atoms with Crippen LogP contribution in [0.2, 0.25) is 10.0 Å². The molecule has 0 unspecified atom stereocenters. The second-order valence-corrected chi connectivity index (χ2v) is 7.67. The van der Waals surface area contributed by atoms with Gasteiger partial charge in [0.2, 0.25) is 5.78 Å². The molecule has 2 aromatic carbocycles. The first-order valence-electron chi connectivity index (χ1n) is 7.68. The predicted molar refractivity (Wildman–Crippen MR) is 106 cm³/mol. The van der Waals surface area contributed by atoms with Crippen LogP contribution in [0.4, 0.5) is 5.69 Å². The van der Waals surface area contributed by atoms with Crippen molar-refractivity contribution in [3.05, 3.63) is 68.2 Å². The van der Waals surface area contributed by atoms with Crippen LogP contribution in [0, 0.1) is 6.92 Å². The predicted octanol–water partition coefficient (Wildman–Crippen LogP) is 5.98. The van der Waals surface area contributed by atoms with Gasteiger partial charge in [0, 0.05) is 26.9 Å². The average Bonchev–Trinajstić information content (AvgIpc) is 3.18. The second kappa shape index (κ2) is 6.43. The van der Waals surface area contributed by atoms with E-state index in [0.717, 1.165) is 16.3 Å². The van der Waals surface area contributed by atoms with Gasteiger partial charge in [-0.05, 0) is 37.3 Å². The van der Waals surface area contributed by atoms with E-state index in [4.69, 9.17) is 33.4 Å². The van der Waals surface area contributed by atoms with Crippen LogP contribution >= 0.6 is 34.5 Å². The standard InChI is InChI=1S/C19H12Cl2N2O2S/c1-9-23-15(8-26-9)10-2-4-13-16(6-10)25-19(17(13)22)18(24)12-5-3-11(20)7-14(12)21/h2-8H,22H2,1H3. The number of thiazole rings is 1. The Balaban J connectivity index is 1.81. The first kappa shape index (κ1) is 17.1. The van der Waals surface area contributed by atoms with E-state index in [9.17, 15) is 4.79 Å². The molecule has 4 aromatic rings. The molecule has 4 rings (SSSR count). The van der Waals surface area contributed by atoms with Crippen molar-refractivity contribution in [1.82, 2.24) is 4.98 Å². The van der Waals surface area contributed by atoms with Crippen LogP contribution in [-0.2, 0) is 0 Å². The number of hydrogen-bond donors (Lipinski definition) is 1. The summed E-state index contributed by atoms with van der Waals surface area (Å²) >= 11 is 13.6. The third kappa shape index (κ3) is 2.88. The largest absolute Gasteiger partial charge is 0.450 e. The normalized spacial score (nSPS) is 11.2. The van der Waals surface area contributed by atoms with Crippen LogP contribution in [0.5, 0.6) is 0 Å². The van der Waals surface area contributed by atoms with Crippen LogP contribution in [-0.4, -0.2) is 10.8 Å². The Hall–Kier alpha value is -2.34. The molecular formula is C19H12Cl2N2O2S. The molecule has 0 saturated heterocycles. The lowest BCUT2D eigenvalue weighted by molar-refractivity contribution is 0.101. The molecule has 0 aliphatic rings. The zero-order valence-electron chi connectivity index (χ0n) is 13.5. The summed E-state index contributed by atoms with van der Waals surface area (Å²) in [5, 5.41) is 4.33. The lowest BCUT2D eigenvalue weighted by atomic mass is 10.1. The van der Waals surface area contributed by atoms with Crippen molar-refractivity contribution in [2.24, 2.45) is 0 Å². The number of hydrogen-bond acceptors (Lipinski definition) is 5. The first-order chi connectivity index (χ1) is 12.4. The van der Waals surface area contributed by atoms with Crippen LogP contribution in [0.15, 0.2) is 46.2 Å². The molecule has 0 saturated carbocycles. The minimum Gasteiger partial charge on any atom is -0.450 e. The van der Waals surface area contributed by atoms with E-state index in [-0.39, 0.29) is 27.8 Å². The van der Waals surface area contributed by atoms with Gasteiger partial charge in [-0.25, -0.2) is 4.98 Å². The highest BCUT2D eigenvalue weighted by atomic mass is 35.5. The average molecular weight is 403 g/mol. The van der Waals surface area contributed by atoms with Crippen LogP contribution in [0.3, 0.4) is 0 Å². The lowest BCUT2D eigenvalue weighted by Crippen LogP contribution is -2.03. The molecule has 0 amide bonds. The summed E-state index contributed by atoms with van der Waals surface area (Å²) in [7, 11) is 0. The van der Waals surface area contributed by atoms with E-state index in [2.05, 4.69) is 4.98 Å². The Kier molecular flexibility index (Phi) is 4.23. The fourth-order valence-corrected chi connectivity index (χ4v) is 3.85. The van der Waals surface area contributed by atoms with Gasteiger partial charge in [-0.3, -0.25) is 4.79 Å². The van der Waals surface area contributed by atoms with Gasteiger partial charge in [-0.1, -0.05) is 29.3 Å². The molecule has 2 aromatic heterocycles. The summed E-state index contributed by atoms with van der Waals surface area (Å²) in [5.41, 5.74) is 9.02. The molecule has 4 nitrogen and oxygen atoms in total. The number of rotatable bonds is 3. The number of nitrogen functional groups attached to an aromatic ring is 1.